The normalized spacial score (nSPS) is 12.1. The molecule has 216 valence electrons. The molecule has 0 amide bonds. The van der Waals surface area contributed by atoms with Crippen molar-refractivity contribution in [2.24, 2.45) is 0 Å². The number of benzene rings is 3. The van der Waals surface area contributed by atoms with Crippen molar-refractivity contribution in [1.82, 2.24) is 14.9 Å². The third-order valence-corrected chi connectivity index (χ3v) is 5.48. The number of nitrogens with zero attached hydrogens (tertiary/aromatic N) is 3. The highest BCUT2D eigenvalue weighted by Crippen LogP contribution is 2.40. The van der Waals surface area contributed by atoms with Gasteiger partial charge >= 0.3 is 12.4 Å². The second-order valence-corrected chi connectivity index (χ2v) is 8.99. The van der Waals surface area contributed by atoms with E-state index >= 15 is 0 Å². The summed E-state index contributed by atoms with van der Waals surface area (Å²) in [5.74, 6) is -5.24. The van der Waals surface area contributed by atoms with Gasteiger partial charge in [0, 0.05) is 12.1 Å². The molecule has 6 nitrogen and oxygen atoms in total. The minimum Gasteiger partial charge on any atom is -0.437 e. The van der Waals surface area contributed by atoms with E-state index < -0.39 is 64.1 Å². The van der Waals surface area contributed by atoms with Crippen LogP contribution in [-0.4, -0.2) is 29.0 Å². The van der Waals surface area contributed by atoms with Crippen LogP contribution in [0.1, 0.15) is 16.7 Å². The first-order valence-corrected chi connectivity index (χ1v) is 11.6. The monoisotopic (exact) mass is 584 g/mol. The van der Waals surface area contributed by atoms with Crippen LogP contribution in [0.2, 0.25) is 0 Å². The summed E-state index contributed by atoms with van der Waals surface area (Å²) in [7, 11) is 3.67. The van der Waals surface area contributed by atoms with Gasteiger partial charge in [0.2, 0.25) is 11.8 Å². The number of nitrogen functional groups attached to an aromatic ring is 1. The Hall–Kier alpha value is -4.46. The molecular weight excluding hydrogens is 564 g/mol. The first kappa shape index (κ1) is 29.5. The fraction of sp³-hybridized carbons (Fsp3) is 0.185. The van der Waals surface area contributed by atoms with E-state index in [0.717, 1.165) is 17.7 Å². The van der Waals surface area contributed by atoms with Crippen molar-refractivity contribution in [3.8, 4) is 34.6 Å². The van der Waals surface area contributed by atoms with Gasteiger partial charge in [-0.15, -0.1) is 0 Å². The van der Waals surface area contributed by atoms with Crippen molar-refractivity contribution in [3.63, 3.8) is 0 Å². The third kappa shape index (κ3) is 7.01. The van der Waals surface area contributed by atoms with Crippen LogP contribution in [0, 0.1) is 11.6 Å². The van der Waals surface area contributed by atoms with Crippen LogP contribution in [0.3, 0.4) is 0 Å². The number of aromatic nitrogens is 2. The van der Waals surface area contributed by atoms with Crippen molar-refractivity contribution in [2.45, 2.75) is 18.9 Å². The Morgan fingerprint density at radius 2 is 1.22 bits per heavy atom. The fourth-order valence-electron chi connectivity index (χ4n) is 3.68. The molecule has 0 atom stereocenters. The molecule has 14 heteroatoms. The van der Waals surface area contributed by atoms with Gasteiger partial charge in [-0.05, 0) is 62.1 Å². The van der Waals surface area contributed by atoms with Crippen molar-refractivity contribution < 1.29 is 44.6 Å². The average Bonchev–Trinajstić information content (AvgIpc) is 2.87. The molecular formula is C27H20F8N4O2. The fourth-order valence-corrected chi connectivity index (χ4v) is 3.68. The van der Waals surface area contributed by atoms with Crippen molar-refractivity contribution in [3.05, 3.63) is 89.0 Å². The van der Waals surface area contributed by atoms with Gasteiger partial charge in [-0.2, -0.15) is 36.3 Å². The molecule has 0 saturated heterocycles. The Morgan fingerprint density at radius 1 is 0.732 bits per heavy atom. The van der Waals surface area contributed by atoms with Crippen LogP contribution >= 0.6 is 0 Å². The van der Waals surface area contributed by atoms with Gasteiger partial charge in [-0.3, -0.25) is 0 Å². The summed E-state index contributed by atoms with van der Waals surface area (Å²) in [6, 6.07) is 10.4. The highest BCUT2D eigenvalue weighted by atomic mass is 19.4. The Labute approximate surface area is 228 Å². The van der Waals surface area contributed by atoms with Gasteiger partial charge in [-0.25, -0.2) is 8.78 Å². The molecule has 0 saturated carbocycles. The number of hydrogen-bond donors (Lipinski definition) is 1. The predicted molar refractivity (Wildman–Crippen MR) is 132 cm³/mol. The van der Waals surface area contributed by atoms with Gasteiger partial charge < -0.3 is 20.1 Å². The number of anilines is 1. The third-order valence-electron chi connectivity index (χ3n) is 5.48. The quantitative estimate of drug-likeness (QED) is 0.225. The van der Waals surface area contributed by atoms with E-state index in [4.69, 9.17) is 15.2 Å². The van der Waals surface area contributed by atoms with E-state index in [9.17, 15) is 35.1 Å². The van der Waals surface area contributed by atoms with Gasteiger partial charge in [-0.1, -0.05) is 18.2 Å². The maximum atomic E-state index is 13.8. The van der Waals surface area contributed by atoms with Crippen LogP contribution < -0.4 is 15.2 Å². The van der Waals surface area contributed by atoms with Crippen LogP contribution in [0.4, 0.5) is 40.8 Å². The Kier molecular flexibility index (Phi) is 8.06. The summed E-state index contributed by atoms with van der Waals surface area (Å²) < 4.78 is 118. The maximum Gasteiger partial charge on any atom is 0.419 e. The topological polar surface area (TPSA) is 73.5 Å². The molecule has 0 bridgehead atoms. The smallest absolute Gasteiger partial charge is 0.419 e. The molecule has 0 spiro atoms. The van der Waals surface area contributed by atoms with Crippen molar-refractivity contribution in [2.75, 3.05) is 19.8 Å². The molecule has 1 aromatic heterocycles. The zero-order valence-corrected chi connectivity index (χ0v) is 21.2. The molecule has 0 fully saturated rings. The van der Waals surface area contributed by atoms with Gasteiger partial charge in [0.25, 0.3) is 0 Å². The number of rotatable bonds is 7. The highest BCUT2D eigenvalue weighted by Gasteiger charge is 2.35. The number of halogens is 8. The lowest BCUT2D eigenvalue weighted by Crippen LogP contribution is -2.10. The van der Waals surface area contributed by atoms with E-state index in [1.807, 2.05) is 25.1 Å². The minimum absolute atomic E-state index is 0.110. The Bertz CT molecular complexity index is 1490. The molecule has 0 unspecified atom stereocenters. The first-order chi connectivity index (χ1) is 19.1. The summed E-state index contributed by atoms with van der Waals surface area (Å²) in [4.78, 5) is 10.2. The zero-order chi connectivity index (χ0) is 30.1. The second-order valence-electron chi connectivity index (χ2n) is 8.99. The molecule has 4 aromatic rings. The van der Waals surface area contributed by atoms with Gasteiger partial charge in [0.1, 0.15) is 23.1 Å². The molecule has 0 aliphatic heterocycles. The molecule has 0 aliphatic rings. The van der Waals surface area contributed by atoms with E-state index in [1.165, 1.54) is 0 Å². The van der Waals surface area contributed by atoms with Gasteiger partial charge in [0.15, 0.2) is 11.5 Å². The molecule has 1 heterocycles. The Morgan fingerprint density at radius 3 is 1.66 bits per heavy atom. The van der Waals surface area contributed by atoms with Crippen LogP contribution in [-0.2, 0) is 18.9 Å². The summed E-state index contributed by atoms with van der Waals surface area (Å²) in [5, 5.41) is 0. The number of ether oxygens (including phenoxy) is 2. The molecule has 4 rings (SSSR count). The van der Waals surface area contributed by atoms with E-state index in [-0.39, 0.29) is 5.82 Å². The average molecular weight is 584 g/mol. The largest absolute Gasteiger partial charge is 0.437 e. The molecule has 3 aromatic carbocycles. The molecule has 0 aliphatic carbocycles. The predicted octanol–water partition coefficient (Wildman–Crippen LogP) is 7.69. The van der Waals surface area contributed by atoms with Crippen LogP contribution in [0.25, 0.3) is 11.4 Å². The molecule has 2 N–H and O–H groups in total. The lowest BCUT2D eigenvalue weighted by molar-refractivity contribution is -0.140. The summed E-state index contributed by atoms with van der Waals surface area (Å²) in [6.07, 6.45) is -10.1. The molecule has 41 heavy (non-hydrogen) atoms. The van der Waals surface area contributed by atoms with Gasteiger partial charge in [0.05, 0.1) is 11.1 Å². The summed E-state index contributed by atoms with van der Waals surface area (Å²) in [5.41, 5.74) is 3.53. The first-order valence-electron chi connectivity index (χ1n) is 11.6. The lowest BCUT2D eigenvalue weighted by atomic mass is 10.1. The Balaban J connectivity index is 1.83. The zero-order valence-electron chi connectivity index (χ0n) is 21.2. The SMILES string of the molecule is CN(C)Cc1cccc(-c2nc(Oc3ccc(F)c(C(F)(F)F)c3)c(N)c(Oc3ccc(F)c(C(F)(F)F)c3)n2)c1. The second kappa shape index (κ2) is 11.2. The molecule has 0 radical (unpaired) electrons. The van der Waals surface area contributed by atoms with E-state index in [0.29, 0.717) is 36.4 Å². The van der Waals surface area contributed by atoms with Crippen molar-refractivity contribution >= 4 is 5.69 Å². The number of alkyl halides is 6. The highest BCUT2D eigenvalue weighted by molar-refractivity contribution is 5.65. The minimum atomic E-state index is -5.04. The van der Waals surface area contributed by atoms with Crippen LogP contribution in [0.5, 0.6) is 23.3 Å². The summed E-state index contributed by atoms with van der Waals surface area (Å²) >= 11 is 0. The van der Waals surface area contributed by atoms with E-state index in [2.05, 4.69) is 9.97 Å². The maximum absolute atomic E-state index is 13.8. The standard InChI is InChI=1S/C27H20F8N4O2/c1-39(2)13-14-4-3-5-15(10-14)23-37-24(40-16-6-8-20(28)18(11-16)26(30,31)32)22(36)25(38-23)41-17-7-9-21(29)19(12-17)27(33,34)35/h3-12H,13,36H2,1-2H3. The van der Waals surface area contributed by atoms with Crippen LogP contribution in [0.15, 0.2) is 60.7 Å². The lowest BCUT2D eigenvalue weighted by Gasteiger charge is -2.16. The number of nitrogens with two attached hydrogens (primary N) is 1. The van der Waals surface area contributed by atoms with Crippen molar-refractivity contribution in [1.29, 1.82) is 0 Å². The number of hydrogen-bond acceptors (Lipinski definition) is 6. The van der Waals surface area contributed by atoms with E-state index in [1.54, 1.807) is 18.2 Å². The summed E-state index contributed by atoms with van der Waals surface area (Å²) in [6.45, 7) is 0.515.